The molecule has 0 aliphatic heterocycles. The normalized spacial score (nSPS) is 13.7. The van der Waals surface area contributed by atoms with Crippen molar-refractivity contribution in [1.29, 1.82) is 0 Å². The summed E-state index contributed by atoms with van der Waals surface area (Å²) in [6, 6.07) is 6.09. The zero-order chi connectivity index (χ0) is 15.8. The van der Waals surface area contributed by atoms with Crippen LogP contribution >= 0.6 is 15.9 Å². The van der Waals surface area contributed by atoms with Gasteiger partial charge in [0.05, 0.1) is 0 Å². The van der Waals surface area contributed by atoms with Crippen LogP contribution in [0.3, 0.4) is 0 Å². The van der Waals surface area contributed by atoms with Gasteiger partial charge in [0.2, 0.25) is 0 Å². The Morgan fingerprint density at radius 1 is 1.38 bits per heavy atom. The molecule has 0 heterocycles. The number of hydrogen-bond acceptors (Lipinski definition) is 3. The lowest BCUT2D eigenvalue weighted by Crippen LogP contribution is -2.46. The summed E-state index contributed by atoms with van der Waals surface area (Å²) in [7, 11) is 0. The number of carboxylic acids is 1. The van der Waals surface area contributed by atoms with Crippen LogP contribution in [-0.2, 0) is 9.59 Å². The summed E-state index contributed by atoms with van der Waals surface area (Å²) in [5, 5.41) is 11.5. The fraction of sp³-hybridized carbons (Fsp3) is 0.333. The highest BCUT2D eigenvalue weighted by Crippen LogP contribution is 2.17. The van der Waals surface area contributed by atoms with Crippen LogP contribution in [0.2, 0.25) is 0 Å². The fourth-order valence-electron chi connectivity index (χ4n) is 1.55. The number of ether oxygens (including phenoxy) is 1. The van der Waals surface area contributed by atoms with Crippen molar-refractivity contribution in [2.45, 2.75) is 32.4 Å². The van der Waals surface area contributed by atoms with E-state index in [2.05, 4.69) is 21.2 Å². The topological polar surface area (TPSA) is 75.6 Å². The number of aliphatic carboxylic acids is 1. The SMILES string of the molecule is C/C=C/CC(NC(=O)C(C)Oc1ccc(Br)cc1)C(=O)O. The van der Waals surface area contributed by atoms with Crippen LogP contribution in [0.1, 0.15) is 20.3 Å². The third-order valence-corrected chi connectivity index (χ3v) is 3.25. The molecule has 1 aromatic rings. The molecule has 0 bridgehead atoms. The molecule has 2 atom stereocenters. The predicted molar refractivity (Wildman–Crippen MR) is 83.2 cm³/mol. The van der Waals surface area contributed by atoms with E-state index in [4.69, 9.17) is 9.84 Å². The van der Waals surface area contributed by atoms with Gasteiger partial charge >= 0.3 is 5.97 Å². The van der Waals surface area contributed by atoms with Crippen LogP contribution in [0.25, 0.3) is 0 Å². The number of carbonyl (C=O) groups is 2. The van der Waals surface area contributed by atoms with E-state index in [0.29, 0.717) is 5.75 Å². The van der Waals surface area contributed by atoms with E-state index < -0.39 is 24.0 Å². The summed E-state index contributed by atoms with van der Waals surface area (Å²) in [6.45, 7) is 3.37. The number of benzene rings is 1. The van der Waals surface area contributed by atoms with Gasteiger partial charge in [-0.3, -0.25) is 4.79 Å². The van der Waals surface area contributed by atoms with E-state index in [0.717, 1.165) is 4.47 Å². The quantitative estimate of drug-likeness (QED) is 0.737. The molecule has 5 nitrogen and oxygen atoms in total. The van der Waals surface area contributed by atoms with Crippen molar-refractivity contribution >= 4 is 27.8 Å². The van der Waals surface area contributed by atoms with E-state index in [1.165, 1.54) is 0 Å². The second kappa shape index (κ2) is 8.46. The van der Waals surface area contributed by atoms with Crippen LogP contribution in [0.5, 0.6) is 5.75 Å². The van der Waals surface area contributed by atoms with Gasteiger partial charge in [0.15, 0.2) is 6.10 Å². The molecule has 0 aliphatic carbocycles. The van der Waals surface area contributed by atoms with Crippen molar-refractivity contribution in [3.05, 3.63) is 40.9 Å². The van der Waals surface area contributed by atoms with Crippen molar-refractivity contribution in [2.24, 2.45) is 0 Å². The molecule has 2 unspecified atom stereocenters. The lowest BCUT2D eigenvalue weighted by atomic mass is 10.2. The molecule has 6 heteroatoms. The van der Waals surface area contributed by atoms with E-state index in [9.17, 15) is 9.59 Å². The van der Waals surface area contributed by atoms with Crippen molar-refractivity contribution in [3.63, 3.8) is 0 Å². The molecule has 1 rings (SSSR count). The first kappa shape index (κ1) is 17.2. The highest BCUT2D eigenvalue weighted by Gasteiger charge is 2.22. The second-order valence-corrected chi connectivity index (χ2v) is 5.33. The van der Waals surface area contributed by atoms with Crippen molar-refractivity contribution in [2.75, 3.05) is 0 Å². The van der Waals surface area contributed by atoms with Gasteiger partial charge in [-0.15, -0.1) is 0 Å². The lowest BCUT2D eigenvalue weighted by molar-refractivity contribution is -0.142. The zero-order valence-electron chi connectivity index (χ0n) is 11.9. The first-order valence-corrected chi connectivity index (χ1v) is 7.30. The largest absolute Gasteiger partial charge is 0.481 e. The maximum Gasteiger partial charge on any atom is 0.326 e. The van der Waals surface area contributed by atoms with Gasteiger partial charge in [0, 0.05) is 4.47 Å². The Labute approximate surface area is 132 Å². The Balaban J connectivity index is 2.60. The maximum absolute atomic E-state index is 12.0. The molecule has 1 aromatic carbocycles. The third kappa shape index (κ3) is 5.99. The number of hydrogen-bond donors (Lipinski definition) is 2. The molecule has 0 fully saturated rings. The number of rotatable bonds is 7. The Kier molecular flexibility index (Phi) is 6.94. The highest BCUT2D eigenvalue weighted by molar-refractivity contribution is 9.10. The number of nitrogens with one attached hydrogen (secondary N) is 1. The van der Waals surface area contributed by atoms with Crippen molar-refractivity contribution in [3.8, 4) is 5.75 Å². The number of halogens is 1. The highest BCUT2D eigenvalue weighted by atomic mass is 79.9. The summed E-state index contributed by atoms with van der Waals surface area (Å²) in [5.74, 6) is -0.992. The average Bonchev–Trinajstić information content (AvgIpc) is 2.45. The predicted octanol–water partition coefficient (Wildman–Crippen LogP) is 2.75. The minimum Gasteiger partial charge on any atom is -0.481 e. The molecule has 21 heavy (non-hydrogen) atoms. The molecular formula is C15H18BrNO4. The maximum atomic E-state index is 12.0. The van der Waals surface area contributed by atoms with Crippen LogP contribution in [0, 0.1) is 0 Å². The average molecular weight is 356 g/mol. The molecule has 0 saturated carbocycles. The van der Waals surface area contributed by atoms with E-state index in [-0.39, 0.29) is 6.42 Å². The van der Waals surface area contributed by atoms with Gasteiger partial charge in [-0.25, -0.2) is 4.79 Å². The fourth-order valence-corrected chi connectivity index (χ4v) is 1.82. The number of amides is 1. The van der Waals surface area contributed by atoms with Crippen LogP contribution in [-0.4, -0.2) is 29.1 Å². The van der Waals surface area contributed by atoms with Crippen molar-refractivity contribution < 1.29 is 19.4 Å². The lowest BCUT2D eigenvalue weighted by Gasteiger charge is -2.18. The van der Waals surface area contributed by atoms with E-state index in [1.54, 1.807) is 50.3 Å². The Morgan fingerprint density at radius 3 is 2.52 bits per heavy atom. The second-order valence-electron chi connectivity index (χ2n) is 4.42. The number of carboxylic acid groups (broad SMARTS) is 1. The Bertz CT molecular complexity index is 513. The van der Waals surface area contributed by atoms with Crippen LogP contribution in [0.15, 0.2) is 40.9 Å². The Morgan fingerprint density at radius 2 is 2.00 bits per heavy atom. The van der Waals surface area contributed by atoms with E-state index in [1.807, 2.05) is 0 Å². The first-order chi connectivity index (χ1) is 9.93. The summed E-state index contributed by atoms with van der Waals surface area (Å²) >= 11 is 3.31. The first-order valence-electron chi connectivity index (χ1n) is 6.50. The van der Waals surface area contributed by atoms with Crippen molar-refractivity contribution in [1.82, 2.24) is 5.32 Å². The van der Waals surface area contributed by atoms with Gasteiger partial charge in [0.25, 0.3) is 5.91 Å². The minimum absolute atomic E-state index is 0.239. The van der Waals surface area contributed by atoms with Crippen LogP contribution < -0.4 is 10.1 Å². The standard InChI is InChI=1S/C15H18BrNO4/c1-3-4-5-13(15(19)20)17-14(18)10(2)21-12-8-6-11(16)7-9-12/h3-4,6-10,13H,5H2,1-2H3,(H,17,18)(H,19,20)/b4-3+. The van der Waals surface area contributed by atoms with Gasteiger partial charge in [0.1, 0.15) is 11.8 Å². The summed E-state index contributed by atoms with van der Waals surface area (Å²) < 4.78 is 6.38. The molecule has 0 radical (unpaired) electrons. The third-order valence-electron chi connectivity index (χ3n) is 2.72. The molecule has 0 aromatic heterocycles. The smallest absolute Gasteiger partial charge is 0.326 e. The van der Waals surface area contributed by atoms with Gasteiger partial charge in [-0.2, -0.15) is 0 Å². The van der Waals surface area contributed by atoms with Gasteiger partial charge in [-0.05, 0) is 44.5 Å². The summed E-state index contributed by atoms with van der Waals surface area (Å²) in [4.78, 5) is 23.0. The number of allylic oxidation sites excluding steroid dienone is 1. The van der Waals surface area contributed by atoms with Crippen LogP contribution in [0.4, 0.5) is 0 Å². The monoisotopic (exact) mass is 355 g/mol. The minimum atomic E-state index is -1.07. The molecule has 1 amide bonds. The molecule has 0 spiro atoms. The molecule has 2 N–H and O–H groups in total. The Hall–Kier alpha value is -1.82. The van der Waals surface area contributed by atoms with E-state index >= 15 is 0 Å². The number of carbonyl (C=O) groups excluding carboxylic acids is 1. The summed E-state index contributed by atoms with van der Waals surface area (Å²) in [5.41, 5.74) is 0. The summed E-state index contributed by atoms with van der Waals surface area (Å²) in [6.07, 6.45) is 2.89. The molecule has 114 valence electrons. The molecular weight excluding hydrogens is 338 g/mol. The molecule has 0 saturated heterocycles. The van der Waals surface area contributed by atoms with Gasteiger partial charge < -0.3 is 15.2 Å². The van der Waals surface area contributed by atoms with Gasteiger partial charge in [-0.1, -0.05) is 28.1 Å². The molecule has 0 aliphatic rings. The zero-order valence-corrected chi connectivity index (χ0v) is 13.5.